The Morgan fingerprint density at radius 1 is 1.29 bits per heavy atom. The minimum Gasteiger partial charge on any atom is -0.504 e. The van der Waals surface area contributed by atoms with Gasteiger partial charge in [-0.25, -0.2) is 13.8 Å². The minimum atomic E-state index is -0.830. The molecule has 8 heteroatoms. The highest BCUT2D eigenvalue weighted by molar-refractivity contribution is 6.08. The molecule has 0 bridgehead atoms. The second kappa shape index (κ2) is 6.07. The molecule has 3 rings (SSSR count). The summed E-state index contributed by atoms with van der Waals surface area (Å²) in [6.45, 7) is 0. The van der Waals surface area contributed by atoms with Gasteiger partial charge in [-0.1, -0.05) is 0 Å². The number of anilines is 1. The molecule has 0 unspecified atom stereocenters. The summed E-state index contributed by atoms with van der Waals surface area (Å²) < 4.78 is 28.4. The van der Waals surface area contributed by atoms with Gasteiger partial charge in [-0.05, 0) is 24.3 Å². The number of hydrogen-bond donors (Lipinski definition) is 2. The van der Waals surface area contributed by atoms with Gasteiger partial charge in [0.15, 0.2) is 11.6 Å². The highest BCUT2D eigenvalue weighted by Gasteiger charge is 2.21. The third kappa shape index (κ3) is 2.94. The zero-order valence-electron chi connectivity index (χ0n) is 12.5. The van der Waals surface area contributed by atoms with Crippen LogP contribution in [0.15, 0.2) is 42.7 Å². The van der Waals surface area contributed by atoms with Crippen molar-refractivity contribution in [3.8, 4) is 17.0 Å². The molecule has 3 aromatic rings. The fourth-order valence-corrected chi connectivity index (χ4v) is 2.20. The molecule has 1 amide bonds. The number of rotatable bonds is 3. The van der Waals surface area contributed by atoms with Crippen molar-refractivity contribution in [2.24, 2.45) is 7.05 Å². The highest BCUT2D eigenvalue weighted by atomic mass is 19.1. The number of aromatic nitrogens is 3. The van der Waals surface area contributed by atoms with Gasteiger partial charge in [-0.3, -0.25) is 9.48 Å². The Bertz CT molecular complexity index is 924. The fraction of sp³-hybridized carbons (Fsp3) is 0.0625. The lowest BCUT2D eigenvalue weighted by atomic mass is 10.1. The maximum atomic E-state index is 14.0. The first-order chi connectivity index (χ1) is 11.5. The van der Waals surface area contributed by atoms with Crippen LogP contribution in [0.4, 0.5) is 14.6 Å². The lowest BCUT2D eigenvalue weighted by Crippen LogP contribution is -2.13. The van der Waals surface area contributed by atoms with Gasteiger partial charge in [0.25, 0.3) is 5.91 Å². The predicted molar refractivity (Wildman–Crippen MR) is 82.4 cm³/mol. The molecule has 2 N–H and O–H groups in total. The second-order valence-electron chi connectivity index (χ2n) is 5.01. The lowest BCUT2D eigenvalue weighted by Gasteiger charge is -2.06. The summed E-state index contributed by atoms with van der Waals surface area (Å²) in [5.41, 5.74) is 0.114. The third-order valence-electron chi connectivity index (χ3n) is 3.28. The Kier molecular flexibility index (Phi) is 3.95. The van der Waals surface area contributed by atoms with E-state index in [1.54, 1.807) is 7.05 Å². The van der Waals surface area contributed by atoms with Crippen LogP contribution < -0.4 is 5.32 Å². The van der Waals surface area contributed by atoms with Crippen LogP contribution in [0, 0.1) is 11.6 Å². The number of hydrogen-bond acceptors (Lipinski definition) is 4. The van der Waals surface area contributed by atoms with Crippen molar-refractivity contribution < 1.29 is 18.7 Å². The van der Waals surface area contributed by atoms with E-state index in [4.69, 9.17) is 0 Å². The van der Waals surface area contributed by atoms with Gasteiger partial charge in [0.05, 0.1) is 5.56 Å². The summed E-state index contributed by atoms with van der Waals surface area (Å²) in [6, 6.07) is 5.89. The molecular weight excluding hydrogens is 318 g/mol. The molecular formula is C16H12F2N4O2. The van der Waals surface area contributed by atoms with Crippen LogP contribution in [-0.2, 0) is 7.05 Å². The quantitative estimate of drug-likeness (QED) is 0.774. The third-order valence-corrected chi connectivity index (χ3v) is 3.28. The molecule has 0 fully saturated rings. The zero-order valence-corrected chi connectivity index (χ0v) is 12.5. The molecule has 0 saturated carbocycles. The molecule has 122 valence electrons. The van der Waals surface area contributed by atoms with Crippen molar-refractivity contribution in [3.63, 3.8) is 0 Å². The number of aromatic hydroxyl groups is 1. The summed E-state index contributed by atoms with van der Waals surface area (Å²) in [5, 5.41) is 16.2. The van der Waals surface area contributed by atoms with E-state index in [2.05, 4.69) is 15.4 Å². The van der Waals surface area contributed by atoms with Crippen LogP contribution in [0.2, 0.25) is 0 Å². The first-order valence-corrected chi connectivity index (χ1v) is 6.90. The summed E-state index contributed by atoms with van der Waals surface area (Å²) in [5.74, 6) is -2.42. The number of carbonyl (C=O) groups excluding carboxylic acids is 1. The number of aryl methyl sites for hydroxylation is 1. The average Bonchev–Trinajstić information content (AvgIpc) is 2.91. The van der Waals surface area contributed by atoms with E-state index < -0.39 is 17.5 Å². The highest BCUT2D eigenvalue weighted by Crippen LogP contribution is 2.27. The summed E-state index contributed by atoms with van der Waals surface area (Å²) in [7, 11) is 1.57. The first-order valence-electron chi connectivity index (χ1n) is 6.90. The molecule has 2 aromatic heterocycles. The number of benzene rings is 1. The summed E-state index contributed by atoms with van der Waals surface area (Å²) in [6.07, 6.45) is 2.80. The second-order valence-corrected chi connectivity index (χ2v) is 5.01. The summed E-state index contributed by atoms with van der Waals surface area (Å²) >= 11 is 0. The molecule has 1 aromatic carbocycles. The number of nitrogens with zero attached hydrogens (tertiary/aromatic N) is 3. The summed E-state index contributed by atoms with van der Waals surface area (Å²) in [4.78, 5) is 16.3. The van der Waals surface area contributed by atoms with Crippen LogP contribution in [0.1, 0.15) is 10.4 Å². The van der Waals surface area contributed by atoms with Crippen molar-refractivity contribution in [3.05, 3.63) is 59.9 Å². The zero-order chi connectivity index (χ0) is 17.3. The van der Waals surface area contributed by atoms with Crippen molar-refractivity contribution in [2.75, 3.05) is 5.32 Å². The van der Waals surface area contributed by atoms with Crippen molar-refractivity contribution >= 4 is 11.7 Å². The van der Waals surface area contributed by atoms with Crippen molar-refractivity contribution in [1.29, 1.82) is 0 Å². The van der Waals surface area contributed by atoms with Gasteiger partial charge in [0, 0.05) is 31.1 Å². The monoisotopic (exact) mass is 330 g/mol. The van der Waals surface area contributed by atoms with Crippen LogP contribution in [0.5, 0.6) is 5.75 Å². The van der Waals surface area contributed by atoms with Gasteiger partial charge < -0.3 is 10.4 Å². The van der Waals surface area contributed by atoms with E-state index in [-0.39, 0.29) is 28.4 Å². The first kappa shape index (κ1) is 15.6. The topological polar surface area (TPSA) is 80.0 Å². The molecule has 0 radical (unpaired) electrons. The number of halogens is 2. The maximum absolute atomic E-state index is 14.0. The molecule has 0 aliphatic carbocycles. The van der Waals surface area contributed by atoms with Crippen LogP contribution in [0.3, 0.4) is 0 Å². The normalized spacial score (nSPS) is 10.6. The van der Waals surface area contributed by atoms with Gasteiger partial charge in [-0.2, -0.15) is 5.10 Å². The molecule has 24 heavy (non-hydrogen) atoms. The fourth-order valence-electron chi connectivity index (χ4n) is 2.20. The van der Waals surface area contributed by atoms with Crippen LogP contribution in [-0.4, -0.2) is 25.8 Å². The SMILES string of the molecule is Cn1cc(C(=O)Nc2ncccc2O)c(-c2ccc(F)cc2F)n1. The number of pyridine rings is 1. The molecule has 6 nitrogen and oxygen atoms in total. The van der Waals surface area contributed by atoms with Crippen LogP contribution >= 0.6 is 0 Å². The van der Waals surface area contributed by atoms with E-state index in [1.807, 2.05) is 0 Å². The Labute approximate surface area is 135 Å². The van der Waals surface area contributed by atoms with Gasteiger partial charge in [0.1, 0.15) is 17.3 Å². The Morgan fingerprint density at radius 2 is 2.08 bits per heavy atom. The Morgan fingerprint density at radius 3 is 2.79 bits per heavy atom. The molecule has 0 spiro atoms. The molecule has 2 heterocycles. The van der Waals surface area contributed by atoms with E-state index in [1.165, 1.54) is 35.3 Å². The van der Waals surface area contributed by atoms with Gasteiger partial charge in [-0.15, -0.1) is 0 Å². The van der Waals surface area contributed by atoms with E-state index in [0.29, 0.717) is 0 Å². The van der Waals surface area contributed by atoms with Gasteiger partial charge >= 0.3 is 0 Å². The average molecular weight is 330 g/mol. The number of nitrogens with one attached hydrogen (secondary N) is 1. The molecule has 0 aliphatic heterocycles. The smallest absolute Gasteiger partial charge is 0.260 e. The van der Waals surface area contributed by atoms with E-state index in [0.717, 1.165) is 12.1 Å². The lowest BCUT2D eigenvalue weighted by molar-refractivity contribution is 0.102. The Hall–Kier alpha value is -3.29. The van der Waals surface area contributed by atoms with E-state index >= 15 is 0 Å². The molecule has 0 aliphatic rings. The standard InChI is InChI=1S/C16H12F2N4O2/c1-22-8-11(16(24)20-15-13(23)3-2-6-19-15)14(21-22)10-5-4-9(17)7-12(10)18/h2-8,23H,1H3,(H,19,20,24). The van der Waals surface area contributed by atoms with Gasteiger partial charge in [0.2, 0.25) is 0 Å². The molecule has 0 saturated heterocycles. The largest absolute Gasteiger partial charge is 0.504 e. The predicted octanol–water partition coefficient (Wildman–Crippen LogP) is 2.72. The number of amides is 1. The molecule has 0 atom stereocenters. The van der Waals surface area contributed by atoms with Crippen molar-refractivity contribution in [2.45, 2.75) is 0 Å². The van der Waals surface area contributed by atoms with Crippen molar-refractivity contribution in [1.82, 2.24) is 14.8 Å². The van der Waals surface area contributed by atoms with E-state index in [9.17, 15) is 18.7 Å². The number of carbonyl (C=O) groups is 1. The minimum absolute atomic E-state index is 0.00704. The Balaban J connectivity index is 2.00. The maximum Gasteiger partial charge on any atom is 0.260 e. The van der Waals surface area contributed by atoms with Crippen LogP contribution in [0.25, 0.3) is 11.3 Å².